The van der Waals surface area contributed by atoms with Gasteiger partial charge in [0.2, 0.25) is 0 Å². The van der Waals surface area contributed by atoms with Gasteiger partial charge in [-0.3, -0.25) is 14.3 Å². The first-order valence-corrected chi connectivity index (χ1v) is 13.1. The number of aromatic nitrogens is 2. The topological polar surface area (TPSA) is 84.2 Å². The highest BCUT2D eigenvalue weighted by Crippen LogP contribution is 2.36. The molecule has 9 heteroatoms. The largest absolute Gasteiger partial charge is 0.481 e. The highest BCUT2D eigenvalue weighted by Gasteiger charge is 2.31. The molecule has 1 amide bonds. The molecule has 4 aromatic rings. The minimum Gasteiger partial charge on any atom is -0.481 e. The first kappa shape index (κ1) is 28.9. The van der Waals surface area contributed by atoms with E-state index in [1.165, 1.54) is 12.1 Å². The van der Waals surface area contributed by atoms with Crippen LogP contribution >= 0.6 is 0 Å². The second-order valence-electron chi connectivity index (χ2n) is 10.5. The Morgan fingerprint density at radius 3 is 2.27 bits per heavy atom. The molecule has 0 spiro atoms. The maximum atomic E-state index is 13.2. The molecule has 0 aliphatic rings. The number of carbonyl (C=O) groups excluding carboxylic acids is 1. The molecular weight excluding hydrogens is 519 g/mol. The van der Waals surface area contributed by atoms with E-state index in [0.717, 1.165) is 45.6 Å². The van der Waals surface area contributed by atoms with Crippen LogP contribution in [0.2, 0.25) is 0 Å². The van der Waals surface area contributed by atoms with E-state index >= 15 is 0 Å². The fraction of sp³-hybridized carbons (Fsp3) is 0.323. The molecule has 1 atom stereocenters. The second-order valence-corrected chi connectivity index (χ2v) is 10.5. The maximum Gasteiger partial charge on any atom is 0.416 e. The van der Waals surface area contributed by atoms with E-state index in [0.29, 0.717) is 17.0 Å². The van der Waals surface area contributed by atoms with E-state index < -0.39 is 17.7 Å². The molecule has 0 radical (unpaired) electrons. The molecule has 1 aromatic heterocycles. The number of fused-ring (bicyclic) bond motifs is 1. The summed E-state index contributed by atoms with van der Waals surface area (Å²) in [5.41, 5.74) is 4.62. The molecule has 0 unspecified atom stereocenters. The average Bonchev–Trinajstić information content (AvgIpc) is 3.32. The summed E-state index contributed by atoms with van der Waals surface area (Å²) in [6, 6.07) is 14.7. The third kappa shape index (κ3) is 6.35. The number of nitrogens with zero attached hydrogens (tertiary/aromatic N) is 2. The lowest BCUT2D eigenvalue weighted by Crippen LogP contribution is -2.26. The number of hydrogen-bond donors (Lipinski definition) is 2. The number of rotatable bonds is 9. The van der Waals surface area contributed by atoms with Gasteiger partial charge in [-0.15, -0.1) is 0 Å². The van der Waals surface area contributed by atoms with Crippen molar-refractivity contribution in [2.24, 2.45) is 5.92 Å². The van der Waals surface area contributed by atoms with Crippen LogP contribution < -0.4 is 5.32 Å². The number of nitrogens with one attached hydrogen (secondary N) is 1. The molecule has 210 valence electrons. The van der Waals surface area contributed by atoms with Crippen LogP contribution in [0.3, 0.4) is 0 Å². The van der Waals surface area contributed by atoms with Crippen LogP contribution in [0, 0.1) is 19.8 Å². The highest BCUT2D eigenvalue weighted by atomic mass is 19.4. The summed E-state index contributed by atoms with van der Waals surface area (Å²) in [6.07, 6.45) is -1.76. The Bertz CT molecular complexity index is 1540. The van der Waals surface area contributed by atoms with Crippen LogP contribution in [-0.4, -0.2) is 33.3 Å². The third-order valence-electron chi connectivity index (χ3n) is 7.02. The number of amides is 1. The summed E-state index contributed by atoms with van der Waals surface area (Å²) in [4.78, 5) is 23.1. The molecule has 1 heterocycles. The Hall–Kier alpha value is -4.14. The van der Waals surface area contributed by atoms with E-state index in [2.05, 4.69) is 19.2 Å². The standard InChI is InChI=1S/C31H32F3N3O3/c1-18(2)15-28(21-5-7-22(8-6-21)30(40)35-14-13-29(38)39)37-17-26-20(4)25(11-12-27(26)36-37)24-10-9-23(16-19(24)3)31(32,33)34/h5-12,16-18,28H,13-15H2,1-4H3,(H,35,40)(H,38,39)/t28-/m0/s1. The lowest BCUT2D eigenvalue weighted by atomic mass is 9.93. The van der Waals surface area contributed by atoms with E-state index in [9.17, 15) is 22.8 Å². The molecular formula is C31H32F3N3O3. The number of carbonyl (C=O) groups is 2. The number of aliphatic carboxylic acids is 1. The van der Waals surface area contributed by atoms with Crippen molar-refractivity contribution in [1.29, 1.82) is 0 Å². The summed E-state index contributed by atoms with van der Waals surface area (Å²) in [5, 5.41) is 17.1. The average molecular weight is 552 g/mol. The Morgan fingerprint density at radius 1 is 1.00 bits per heavy atom. The lowest BCUT2D eigenvalue weighted by molar-refractivity contribution is -0.138. The molecule has 0 saturated heterocycles. The SMILES string of the molecule is Cc1cc(C(F)(F)F)ccc1-c1ccc2nn([C@@H](CC(C)C)c3ccc(C(=O)NCCC(=O)O)cc3)cc2c1C. The van der Waals surface area contributed by atoms with Gasteiger partial charge in [0, 0.05) is 23.7 Å². The van der Waals surface area contributed by atoms with Gasteiger partial charge in [-0.2, -0.15) is 18.3 Å². The molecule has 0 aliphatic carbocycles. The molecule has 6 nitrogen and oxygen atoms in total. The zero-order valence-corrected chi connectivity index (χ0v) is 22.8. The minimum atomic E-state index is -4.39. The van der Waals surface area contributed by atoms with Crippen molar-refractivity contribution in [1.82, 2.24) is 15.1 Å². The predicted octanol–water partition coefficient (Wildman–Crippen LogP) is 7.18. The number of benzene rings is 3. The smallest absolute Gasteiger partial charge is 0.416 e. The van der Waals surface area contributed by atoms with E-state index in [-0.39, 0.29) is 24.9 Å². The molecule has 0 bridgehead atoms. The predicted molar refractivity (Wildman–Crippen MR) is 148 cm³/mol. The quantitative estimate of drug-likeness (QED) is 0.231. The van der Waals surface area contributed by atoms with Gasteiger partial charge in [0.1, 0.15) is 0 Å². The Kier molecular flexibility index (Phi) is 8.32. The molecule has 4 rings (SSSR count). The van der Waals surface area contributed by atoms with Crippen LogP contribution in [0.4, 0.5) is 13.2 Å². The van der Waals surface area contributed by atoms with Gasteiger partial charge in [-0.05, 0) is 84.3 Å². The summed E-state index contributed by atoms with van der Waals surface area (Å²) in [5.74, 6) is -0.960. The van der Waals surface area contributed by atoms with Gasteiger partial charge >= 0.3 is 12.1 Å². The first-order valence-electron chi connectivity index (χ1n) is 13.1. The van der Waals surface area contributed by atoms with E-state index in [1.54, 1.807) is 19.1 Å². The van der Waals surface area contributed by atoms with Gasteiger partial charge in [0.15, 0.2) is 0 Å². The zero-order valence-electron chi connectivity index (χ0n) is 22.8. The molecule has 2 N–H and O–H groups in total. The number of halogens is 3. The number of hydrogen-bond acceptors (Lipinski definition) is 3. The van der Waals surface area contributed by atoms with Crippen molar-refractivity contribution < 1.29 is 27.9 Å². The van der Waals surface area contributed by atoms with Crippen LogP contribution in [0.1, 0.15) is 65.3 Å². The summed E-state index contributed by atoms with van der Waals surface area (Å²) in [6.45, 7) is 7.94. The Labute approximate surface area is 230 Å². The number of carboxylic acid groups (broad SMARTS) is 1. The fourth-order valence-corrected chi connectivity index (χ4v) is 4.93. The number of carboxylic acids is 1. The van der Waals surface area contributed by atoms with Crippen LogP contribution in [0.15, 0.2) is 60.8 Å². The number of alkyl halides is 3. The van der Waals surface area contributed by atoms with Gasteiger partial charge in [-0.1, -0.05) is 38.1 Å². The number of aryl methyl sites for hydroxylation is 2. The maximum absolute atomic E-state index is 13.2. The zero-order chi connectivity index (χ0) is 29.2. The molecule has 0 fully saturated rings. The van der Waals surface area contributed by atoms with Crippen LogP contribution in [0.5, 0.6) is 0 Å². The van der Waals surface area contributed by atoms with Crippen molar-refractivity contribution in [2.75, 3.05) is 6.54 Å². The summed E-state index contributed by atoms with van der Waals surface area (Å²) >= 11 is 0. The minimum absolute atomic E-state index is 0.0547. The van der Waals surface area contributed by atoms with Gasteiger partial charge in [-0.25, -0.2) is 0 Å². The van der Waals surface area contributed by atoms with Crippen LogP contribution in [0.25, 0.3) is 22.0 Å². The van der Waals surface area contributed by atoms with Crippen molar-refractivity contribution in [2.45, 2.75) is 52.8 Å². The normalized spacial score (nSPS) is 12.6. The van der Waals surface area contributed by atoms with Gasteiger partial charge < -0.3 is 10.4 Å². The second kappa shape index (κ2) is 11.5. The monoisotopic (exact) mass is 551 g/mol. The molecule has 0 aliphatic heterocycles. The third-order valence-corrected chi connectivity index (χ3v) is 7.02. The van der Waals surface area contributed by atoms with Crippen LogP contribution in [-0.2, 0) is 11.0 Å². The fourth-order valence-electron chi connectivity index (χ4n) is 4.93. The van der Waals surface area contributed by atoms with Gasteiger partial charge in [0.25, 0.3) is 5.91 Å². The molecule has 40 heavy (non-hydrogen) atoms. The Balaban J connectivity index is 1.66. The van der Waals surface area contributed by atoms with Gasteiger partial charge in [0.05, 0.1) is 23.5 Å². The molecule has 0 saturated carbocycles. The Morgan fingerprint density at radius 2 is 1.68 bits per heavy atom. The van der Waals surface area contributed by atoms with Crippen molar-refractivity contribution in [3.05, 3.63) is 88.6 Å². The van der Waals surface area contributed by atoms with E-state index in [4.69, 9.17) is 10.2 Å². The van der Waals surface area contributed by atoms with E-state index in [1.807, 2.05) is 42.1 Å². The summed E-state index contributed by atoms with van der Waals surface area (Å²) in [7, 11) is 0. The van der Waals surface area contributed by atoms with Crippen molar-refractivity contribution in [3.63, 3.8) is 0 Å². The summed E-state index contributed by atoms with van der Waals surface area (Å²) < 4.78 is 41.5. The lowest BCUT2D eigenvalue weighted by Gasteiger charge is -2.20. The highest BCUT2D eigenvalue weighted by molar-refractivity contribution is 5.94. The van der Waals surface area contributed by atoms with Crippen molar-refractivity contribution >= 4 is 22.8 Å². The molecule has 3 aromatic carbocycles. The first-order chi connectivity index (χ1) is 18.8. The van der Waals surface area contributed by atoms with Crippen molar-refractivity contribution in [3.8, 4) is 11.1 Å².